The van der Waals surface area contributed by atoms with Crippen LogP contribution in [0.5, 0.6) is 0 Å². The highest BCUT2D eigenvalue weighted by Gasteiger charge is 2.18. The molecule has 3 aromatic rings. The van der Waals surface area contributed by atoms with E-state index in [4.69, 9.17) is 11.6 Å². The van der Waals surface area contributed by atoms with Crippen LogP contribution in [-0.4, -0.2) is 11.6 Å². The summed E-state index contributed by atoms with van der Waals surface area (Å²) in [5.74, 6) is 0. The summed E-state index contributed by atoms with van der Waals surface area (Å²) >= 11 is 6.41. The van der Waals surface area contributed by atoms with E-state index in [0.29, 0.717) is 0 Å². The number of halogens is 3. The van der Waals surface area contributed by atoms with E-state index < -0.39 is 0 Å². The summed E-state index contributed by atoms with van der Waals surface area (Å²) in [7, 11) is 0. The van der Waals surface area contributed by atoms with Crippen LogP contribution >= 0.6 is 36.4 Å². The quantitative estimate of drug-likeness (QED) is 0.330. The van der Waals surface area contributed by atoms with Gasteiger partial charge >= 0.3 is 0 Å². The lowest BCUT2D eigenvalue weighted by molar-refractivity contribution is 0.811. The van der Waals surface area contributed by atoms with Gasteiger partial charge in [0.15, 0.2) is 0 Å². The fourth-order valence-electron chi connectivity index (χ4n) is 4.84. The van der Waals surface area contributed by atoms with E-state index in [2.05, 4.69) is 78.7 Å². The van der Waals surface area contributed by atoms with Crippen LogP contribution in [0.1, 0.15) is 35.6 Å². The first-order valence-electron chi connectivity index (χ1n) is 11.0. The van der Waals surface area contributed by atoms with E-state index in [1.807, 2.05) is 18.5 Å². The maximum Gasteiger partial charge on any atom is 0.0554 e. The zero-order valence-corrected chi connectivity index (χ0v) is 21.0. The van der Waals surface area contributed by atoms with Gasteiger partial charge in [-0.05, 0) is 81.0 Å². The molecule has 0 fully saturated rings. The first-order chi connectivity index (χ1) is 15.2. The van der Waals surface area contributed by atoms with Gasteiger partial charge < -0.3 is 0 Å². The van der Waals surface area contributed by atoms with E-state index in [-0.39, 0.29) is 30.2 Å². The molecule has 0 amide bonds. The van der Waals surface area contributed by atoms with Crippen LogP contribution in [-0.2, 0) is 19.3 Å². The topological polar surface area (TPSA) is 12.4 Å². The molecule has 3 aromatic carbocycles. The molecule has 0 N–H and O–H groups in total. The average Bonchev–Trinajstić information content (AvgIpc) is 3.07. The molecular formula is C29H28Cl3N. The molecule has 1 aliphatic heterocycles. The Kier molecular flexibility index (Phi) is 8.59. The SMILES string of the molecule is C1=Cc2ccccc2CC=N1.CC1=c2ccc3c(c2CCC1Cl)CC=c1ccccc1=3.Cl.Cl. The molecular weight excluding hydrogens is 469 g/mol. The molecule has 0 bridgehead atoms. The molecule has 1 nitrogen and oxygen atoms in total. The van der Waals surface area contributed by atoms with E-state index in [0.717, 1.165) is 25.7 Å². The van der Waals surface area contributed by atoms with Crippen LogP contribution in [0.15, 0.2) is 71.9 Å². The maximum atomic E-state index is 6.41. The summed E-state index contributed by atoms with van der Waals surface area (Å²) in [6.45, 7) is 2.18. The molecule has 1 heterocycles. The van der Waals surface area contributed by atoms with Gasteiger partial charge in [0.2, 0.25) is 0 Å². The smallest absolute Gasteiger partial charge is 0.0554 e. The predicted octanol–water partition coefficient (Wildman–Crippen LogP) is 6.16. The standard InChI is InChI=1S/C19H17Cl.C10H9N.2ClH/c1-12-14-8-9-17-15-5-3-2-4-13(15)6-7-18(17)16(14)10-11-19(12)20;1-2-4-10-6-8-11-7-5-9(10)3-1;;/h2-6,8-9,19H,7,10-11H2,1H3;1-5,7-8H,6H2;2*1H. The molecule has 6 rings (SSSR count). The Hall–Kier alpha value is -2.32. The molecule has 0 spiro atoms. The number of fused-ring (bicyclic) bond motifs is 5. The van der Waals surface area contributed by atoms with Crippen LogP contribution < -0.4 is 10.4 Å². The van der Waals surface area contributed by atoms with Crippen molar-refractivity contribution in [3.05, 3.63) is 110 Å². The van der Waals surface area contributed by atoms with Gasteiger partial charge in [-0.25, -0.2) is 0 Å². The number of rotatable bonds is 0. The predicted molar refractivity (Wildman–Crippen MR) is 147 cm³/mol. The Morgan fingerprint density at radius 2 is 1.58 bits per heavy atom. The molecule has 170 valence electrons. The first-order valence-corrected chi connectivity index (χ1v) is 11.5. The van der Waals surface area contributed by atoms with Crippen molar-refractivity contribution in [3.63, 3.8) is 0 Å². The summed E-state index contributed by atoms with van der Waals surface area (Å²) in [5, 5.41) is 5.76. The second-order valence-corrected chi connectivity index (χ2v) is 8.88. The van der Waals surface area contributed by atoms with Gasteiger partial charge in [0.05, 0.1) is 5.38 Å². The number of benzene rings is 3. The minimum absolute atomic E-state index is 0. The van der Waals surface area contributed by atoms with Crippen LogP contribution in [0.25, 0.3) is 17.7 Å². The number of aliphatic imine (C=N–C) groups is 1. The maximum absolute atomic E-state index is 6.41. The van der Waals surface area contributed by atoms with Crippen molar-refractivity contribution in [1.29, 1.82) is 0 Å². The molecule has 0 aromatic heterocycles. The lowest BCUT2D eigenvalue weighted by Crippen LogP contribution is -2.26. The lowest BCUT2D eigenvalue weighted by atomic mass is 9.86. The molecule has 0 saturated carbocycles. The molecule has 33 heavy (non-hydrogen) atoms. The van der Waals surface area contributed by atoms with Crippen molar-refractivity contribution in [2.45, 2.75) is 38.0 Å². The second-order valence-electron chi connectivity index (χ2n) is 8.35. The van der Waals surface area contributed by atoms with Crippen LogP contribution in [0.3, 0.4) is 0 Å². The van der Waals surface area contributed by atoms with Crippen molar-refractivity contribution in [2.75, 3.05) is 0 Å². The normalized spacial score (nSPS) is 16.7. The van der Waals surface area contributed by atoms with E-state index in [9.17, 15) is 0 Å². The minimum atomic E-state index is 0. The van der Waals surface area contributed by atoms with E-state index >= 15 is 0 Å². The van der Waals surface area contributed by atoms with Gasteiger partial charge in [0.25, 0.3) is 0 Å². The average molecular weight is 497 g/mol. The van der Waals surface area contributed by atoms with Gasteiger partial charge in [0, 0.05) is 18.8 Å². The summed E-state index contributed by atoms with van der Waals surface area (Å²) in [6.07, 6.45) is 12.4. The molecule has 0 radical (unpaired) electrons. The largest absolute Gasteiger partial charge is 0.269 e. The third kappa shape index (κ3) is 5.11. The molecule has 2 aliphatic carbocycles. The molecule has 4 heteroatoms. The van der Waals surface area contributed by atoms with Gasteiger partial charge in [-0.1, -0.05) is 66.7 Å². The molecule has 1 unspecified atom stereocenters. The highest BCUT2D eigenvalue weighted by molar-refractivity contribution is 6.25. The van der Waals surface area contributed by atoms with Crippen LogP contribution in [0.2, 0.25) is 0 Å². The Labute approximate surface area is 212 Å². The van der Waals surface area contributed by atoms with Gasteiger partial charge in [0.1, 0.15) is 0 Å². The summed E-state index contributed by atoms with van der Waals surface area (Å²) < 4.78 is 0. The second kappa shape index (κ2) is 11.2. The van der Waals surface area contributed by atoms with Crippen LogP contribution in [0.4, 0.5) is 0 Å². The molecule has 0 saturated heterocycles. The molecule has 3 aliphatic rings. The van der Waals surface area contributed by atoms with E-state index in [1.54, 1.807) is 0 Å². The Balaban J connectivity index is 0.000000203. The highest BCUT2D eigenvalue weighted by atomic mass is 35.5. The zero-order valence-electron chi connectivity index (χ0n) is 18.6. The first kappa shape index (κ1) is 25.3. The van der Waals surface area contributed by atoms with Gasteiger partial charge in [-0.2, -0.15) is 0 Å². The Morgan fingerprint density at radius 3 is 2.45 bits per heavy atom. The number of hydrogen-bond acceptors (Lipinski definition) is 1. The minimum Gasteiger partial charge on any atom is -0.269 e. The number of alkyl halides is 1. The number of hydrogen-bond donors (Lipinski definition) is 0. The third-order valence-electron chi connectivity index (χ3n) is 6.56. The summed E-state index contributed by atoms with van der Waals surface area (Å²) in [6, 6.07) is 21.6. The Morgan fingerprint density at radius 1 is 0.818 bits per heavy atom. The van der Waals surface area contributed by atoms with Crippen molar-refractivity contribution >= 4 is 60.4 Å². The monoisotopic (exact) mass is 495 g/mol. The Bertz CT molecular complexity index is 1420. The van der Waals surface area contributed by atoms with Crippen LogP contribution in [0, 0.1) is 10.4 Å². The summed E-state index contributed by atoms with van der Waals surface area (Å²) in [4.78, 5) is 4.08. The molecule has 1 atom stereocenters. The zero-order chi connectivity index (χ0) is 21.2. The van der Waals surface area contributed by atoms with Gasteiger partial charge in [-0.3, -0.25) is 4.99 Å². The van der Waals surface area contributed by atoms with Crippen molar-refractivity contribution in [2.24, 2.45) is 4.99 Å². The van der Waals surface area contributed by atoms with Gasteiger partial charge in [-0.15, -0.1) is 36.4 Å². The highest BCUT2D eigenvalue weighted by Crippen LogP contribution is 2.24. The lowest BCUT2D eigenvalue weighted by Gasteiger charge is -2.22. The summed E-state index contributed by atoms with van der Waals surface area (Å²) in [5.41, 5.74) is 7.02. The van der Waals surface area contributed by atoms with Crippen molar-refractivity contribution in [1.82, 2.24) is 0 Å². The fourth-order valence-corrected chi connectivity index (χ4v) is 5.07. The van der Waals surface area contributed by atoms with E-state index in [1.165, 1.54) is 48.7 Å². The third-order valence-corrected chi connectivity index (χ3v) is 7.11. The van der Waals surface area contributed by atoms with Crippen molar-refractivity contribution in [3.8, 4) is 0 Å². The van der Waals surface area contributed by atoms with Crippen molar-refractivity contribution < 1.29 is 0 Å². The fraction of sp³-hybridized carbons (Fsp3) is 0.207. The number of nitrogens with zero attached hydrogens (tertiary/aromatic N) is 1.